The van der Waals surface area contributed by atoms with Crippen molar-refractivity contribution in [3.8, 4) is 0 Å². The Bertz CT molecular complexity index is 566. The van der Waals surface area contributed by atoms with Crippen LogP contribution in [0.15, 0.2) is 17.6 Å². The van der Waals surface area contributed by atoms with Crippen LogP contribution in [0.5, 0.6) is 0 Å². The van der Waals surface area contributed by atoms with Crippen LogP contribution in [0.3, 0.4) is 0 Å². The van der Waals surface area contributed by atoms with Gasteiger partial charge in [-0.1, -0.05) is 6.92 Å². The predicted molar refractivity (Wildman–Crippen MR) is 82.7 cm³/mol. The lowest BCUT2D eigenvalue weighted by atomic mass is 10.1. The molecule has 3 rings (SSSR count). The minimum Gasteiger partial charge on any atom is -0.395 e. The molecule has 1 saturated heterocycles. The van der Waals surface area contributed by atoms with Gasteiger partial charge < -0.3 is 16.0 Å². The van der Waals surface area contributed by atoms with Gasteiger partial charge in [0.2, 0.25) is 0 Å². The summed E-state index contributed by atoms with van der Waals surface area (Å²) in [6.45, 7) is 6.80. The highest BCUT2D eigenvalue weighted by Crippen LogP contribution is 2.30. The summed E-state index contributed by atoms with van der Waals surface area (Å²) in [4.78, 5) is 6.83. The highest BCUT2D eigenvalue weighted by atomic mass is 32.1. The summed E-state index contributed by atoms with van der Waals surface area (Å²) < 4.78 is 1.15. The van der Waals surface area contributed by atoms with E-state index in [1.807, 2.05) is 5.51 Å². The van der Waals surface area contributed by atoms with Crippen molar-refractivity contribution < 1.29 is 0 Å². The number of rotatable bonds is 4. The molecule has 102 valence electrons. The number of hydrogen-bond acceptors (Lipinski definition) is 5. The number of nitrogens with one attached hydrogen (secondary N) is 1. The summed E-state index contributed by atoms with van der Waals surface area (Å²) in [6, 6.07) is 4.17. The second-order valence-corrected chi connectivity index (χ2v) is 6.04. The number of aromatic nitrogens is 1. The molecule has 0 amide bonds. The van der Waals surface area contributed by atoms with Crippen molar-refractivity contribution in [1.29, 1.82) is 0 Å². The maximum absolute atomic E-state index is 6.17. The third-order valence-electron chi connectivity index (χ3n) is 3.94. The Morgan fingerprint density at radius 3 is 3.21 bits per heavy atom. The van der Waals surface area contributed by atoms with Crippen LogP contribution in [0.2, 0.25) is 0 Å². The van der Waals surface area contributed by atoms with E-state index in [4.69, 9.17) is 5.73 Å². The van der Waals surface area contributed by atoms with Gasteiger partial charge in [0.15, 0.2) is 0 Å². The Hall–Kier alpha value is -1.33. The number of benzene rings is 1. The van der Waals surface area contributed by atoms with Crippen LogP contribution in [0.1, 0.15) is 13.3 Å². The van der Waals surface area contributed by atoms with Gasteiger partial charge in [-0.25, -0.2) is 4.98 Å². The summed E-state index contributed by atoms with van der Waals surface area (Å²) in [7, 11) is 0. The van der Waals surface area contributed by atoms with E-state index in [1.54, 1.807) is 11.3 Å². The van der Waals surface area contributed by atoms with Crippen LogP contribution in [-0.2, 0) is 0 Å². The van der Waals surface area contributed by atoms with Crippen molar-refractivity contribution in [2.24, 2.45) is 5.92 Å². The van der Waals surface area contributed by atoms with E-state index in [0.717, 1.165) is 40.6 Å². The van der Waals surface area contributed by atoms with E-state index in [9.17, 15) is 0 Å². The number of anilines is 2. The second kappa shape index (κ2) is 5.35. The largest absolute Gasteiger partial charge is 0.395 e. The summed E-state index contributed by atoms with van der Waals surface area (Å²) in [6.07, 6.45) is 1.28. The topological polar surface area (TPSA) is 54.2 Å². The fourth-order valence-electron chi connectivity index (χ4n) is 2.73. The van der Waals surface area contributed by atoms with Gasteiger partial charge in [0.1, 0.15) is 5.52 Å². The molecule has 1 atom stereocenters. The zero-order chi connectivity index (χ0) is 13.2. The molecular weight excluding hydrogens is 256 g/mol. The molecule has 2 heterocycles. The van der Waals surface area contributed by atoms with Crippen LogP contribution < -0.4 is 11.1 Å². The second-order valence-electron chi connectivity index (χ2n) is 5.15. The Morgan fingerprint density at radius 1 is 1.53 bits per heavy atom. The van der Waals surface area contributed by atoms with Crippen LogP contribution in [0.4, 0.5) is 11.4 Å². The van der Waals surface area contributed by atoms with Gasteiger partial charge in [0, 0.05) is 13.1 Å². The molecule has 1 aromatic heterocycles. The zero-order valence-electron chi connectivity index (χ0n) is 11.2. The molecule has 0 aliphatic carbocycles. The van der Waals surface area contributed by atoms with Crippen LogP contribution in [-0.4, -0.2) is 36.1 Å². The van der Waals surface area contributed by atoms with E-state index >= 15 is 0 Å². The Labute approximate surface area is 117 Å². The average molecular weight is 276 g/mol. The lowest BCUT2D eigenvalue weighted by molar-refractivity contribution is 0.345. The first kappa shape index (κ1) is 12.7. The fourth-order valence-corrected chi connectivity index (χ4v) is 3.42. The molecule has 1 fully saturated rings. The Kier molecular flexibility index (Phi) is 3.57. The number of likely N-dealkylation sites (tertiary alicyclic amines) is 1. The smallest absolute Gasteiger partial charge is 0.106 e. The molecule has 1 aliphatic heterocycles. The molecule has 1 unspecified atom stereocenters. The summed E-state index contributed by atoms with van der Waals surface area (Å²) in [5.41, 5.74) is 10.8. The van der Waals surface area contributed by atoms with Gasteiger partial charge in [0.25, 0.3) is 0 Å². The highest BCUT2D eigenvalue weighted by Gasteiger charge is 2.21. The Morgan fingerprint density at radius 2 is 2.42 bits per heavy atom. The maximum atomic E-state index is 6.17. The molecule has 1 aromatic carbocycles. The maximum Gasteiger partial charge on any atom is 0.106 e. The molecule has 1 aliphatic rings. The van der Waals surface area contributed by atoms with Gasteiger partial charge >= 0.3 is 0 Å². The fraction of sp³-hybridized carbons (Fsp3) is 0.500. The summed E-state index contributed by atoms with van der Waals surface area (Å²) in [5, 5.41) is 3.49. The molecule has 2 aromatic rings. The first-order valence-electron chi connectivity index (χ1n) is 6.86. The van der Waals surface area contributed by atoms with Gasteiger partial charge in [-0.05, 0) is 37.6 Å². The van der Waals surface area contributed by atoms with Crippen LogP contribution in [0.25, 0.3) is 10.2 Å². The van der Waals surface area contributed by atoms with Gasteiger partial charge in [-0.3, -0.25) is 0 Å². The minimum absolute atomic E-state index is 0.727. The predicted octanol–water partition coefficient (Wildman–Crippen LogP) is 2.63. The van der Waals surface area contributed by atoms with Crippen molar-refractivity contribution in [3.63, 3.8) is 0 Å². The first-order valence-corrected chi connectivity index (χ1v) is 7.73. The lowest BCUT2D eigenvalue weighted by Crippen LogP contribution is -2.22. The van der Waals surface area contributed by atoms with E-state index in [0.29, 0.717) is 0 Å². The van der Waals surface area contributed by atoms with Crippen molar-refractivity contribution in [2.45, 2.75) is 13.3 Å². The number of nitrogens with two attached hydrogens (primary N) is 1. The van der Waals surface area contributed by atoms with Crippen LogP contribution in [0, 0.1) is 5.92 Å². The molecule has 19 heavy (non-hydrogen) atoms. The molecule has 5 heteroatoms. The standard InChI is InChI=1S/C14H20N4S/c1-2-18-6-5-10(8-18)7-16-11-3-4-12-14(13(11)15)17-9-19-12/h3-4,9-10,16H,2,5-8,15H2,1H3. The van der Waals surface area contributed by atoms with Crippen molar-refractivity contribution >= 4 is 32.9 Å². The summed E-state index contributed by atoms with van der Waals surface area (Å²) >= 11 is 1.63. The van der Waals surface area contributed by atoms with Gasteiger partial charge in [-0.15, -0.1) is 11.3 Å². The number of thiazole rings is 1. The van der Waals surface area contributed by atoms with Crippen molar-refractivity contribution in [1.82, 2.24) is 9.88 Å². The minimum atomic E-state index is 0.727. The van der Waals surface area contributed by atoms with E-state index in [-0.39, 0.29) is 0 Å². The molecule has 0 saturated carbocycles. The normalized spacial score (nSPS) is 20.2. The Balaban J connectivity index is 1.67. The van der Waals surface area contributed by atoms with Crippen molar-refractivity contribution in [2.75, 3.05) is 37.2 Å². The number of hydrogen-bond donors (Lipinski definition) is 2. The van der Waals surface area contributed by atoms with Crippen LogP contribution >= 0.6 is 11.3 Å². The van der Waals surface area contributed by atoms with Crippen molar-refractivity contribution in [3.05, 3.63) is 17.6 Å². The molecule has 4 nitrogen and oxygen atoms in total. The molecule has 0 bridgehead atoms. The quantitative estimate of drug-likeness (QED) is 0.843. The molecule has 0 spiro atoms. The first-order chi connectivity index (χ1) is 9.28. The van der Waals surface area contributed by atoms with E-state index < -0.39 is 0 Å². The number of nitrogen functional groups attached to an aromatic ring is 1. The SMILES string of the molecule is CCN1CCC(CNc2ccc3scnc3c2N)C1. The molecule has 0 radical (unpaired) electrons. The average Bonchev–Trinajstić information content (AvgIpc) is 3.06. The summed E-state index contributed by atoms with van der Waals surface area (Å²) in [5.74, 6) is 0.727. The third kappa shape index (κ3) is 2.53. The van der Waals surface area contributed by atoms with Gasteiger partial charge in [-0.2, -0.15) is 0 Å². The molecule has 3 N–H and O–H groups in total. The van der Waals surface area contributed by atoms with E-state index in [2.05, 4.69) is 34.3 Å². The highest BCUT2D eigenvalue weighted by molar-refractivity contribution is 7.16. The molecular formula is C14H20N4S. The lowest BCUT2D eigenvalue weighted by Gasteiger charge is -2.15. The number of fused-ring (bicyclic) bond motifs is 1. The van der Waals surface area contributed by atoms with E-state index in [1.165, 1.54) is 19.5 Å². The zero-order valence-corrected chi connectivity index (χ0v) is 12.0. The third-order valence-corrected chi connectivity index (χ3v) is 4.73. The number of nitrogens with zero attached hydrogens (tertiary/aromatic N) is 2. The monoisotopic (exact) mass is 276 g/mol. The van der Waals surface area contributed by atoms with Gasteiger partial charge in [0.05, 0.1) is 21.6 Å².